The minimum absolute atomic E-state index is 0.0785. The number of esters is 1. The lowest BCUT2D eigenvalue weighted by atomic mass is 10.0. The summed E-state index contributed by atoms with van der Waals surface area (Å²) in [7, 11) is 1.58. The maximum Gasteiger partial charge on any atom is 0.342 e. The van der Waals surface area contributed by atoms with Gasteiger partial charge in [0.15, 0.2) is 17.6 Å². The Morgan fingerprint density at radius 2 is 1.68 bits per heavy atom. The van der Waals surface area contributed by atoms with E-state index in [2.05, 4.69) is 5.32 Å². The SMILES string of the molecule is COc1ccc(CNC(=O)COC(=O)c2cccc3c(=O)c(C)c(-c4ccccc4)oc23)cc1. The topological polar surface area (TPSA) is 94.8 Å². The summed E-state index contributed by atoms with van der Waals surface area (Å²) in [5.41, 5.74) is 2.02. The summed E-state index contributed by atoms with van der Waals surface area (Å²) >= 11 is 0. The molecule has 0 radical (unpaired) electrons. The molecule has 7 nitrogen and oxygen atoms in total. The molecule has 0 fully saturated rings. The van der Waals surface area contributed by atoms with E-state index in [0.29, 0.717) is 11.3 Å². The number of methoxy groups -OCH3 is 1. The number of carbonyl (C=O) groups excluding carboxylic acids is 2. The second-order valence-corrected chi connectivity index (χ2v) is 7.63. The van der Waals surface area contributed by atoms with Gasteiger partial charge >= 0.3 is 5.97 Å². The Morgan fingerprint density at radius 3 is 2.38 bits per heavy atom. The van der Waals surface area contributed by atoms with Gasteiger partial charge in [0, 0.05) is 17.7 Å². The maximum absolute atomic E-state index is 12.9. The van der Waals surface area contributed by atoms with Crippen LogP contribution in [0.4, 0.5) is 0 Å². The first-order valence-electron chi connectivity index (χ1n) is 10.7. The number of hydrogen-bond acceptors (Lipinski definition) is 6. The average molecular weight is 457 g/mol. The highest BCUT2D eigenvalue weighted by Gasteiger charge is 2.20. The highest BCUT2D eigenvalue weighted by molar-refractivity contribution is 6.02. The number of fused-ring (bicyclic) bond motifs is 1. The van der Waals surface area contributed by atoms with Crippen molar-refractivity contribution in [3.63, 3.8) is 0 Å². The summed E-state index contributed by atoms with van der Waals surface area (Å²) < 4.78 is 16.3. The van der Waals surface area contributed by atoms with Crippen molar-refractivity contribution < 1.29 is 23.5 Å². The summed E-state index contributed by atoms with van der Waals surface area (Å²) in [6, 6.07) is 21.1. The highest BCUT2D eigenvalue weighted by atomic mass is 16.5. The quantitative estimate of drug-likeness (QED) is 0.417. The van der Waals surface area contributed by atoms with E-state index in [1.165, 1.54) is 6.07 Å². The Morgan fingerprint density at radius 1 is 0.941 bits per heavy atom. The summed E-state index contributed by atoms with van der Waals surface area (Å²) in [5.74, 6) is -0.102. The van der Waals surface area contributed by atoms with E-state index in [0.717, 1.165) is 16.9 Å². The predicted octanol–water partition coefficient (Wildman–Crippen LogP) is 4.25. The summed E-state index contributed by atoms with van der Waals surface area (Å²) in [4.78, 5) is 37.9. The number of para-hydroxylation sites is 1. The van der Waals surface area contributed by atoms with E-state index >= 15 is 0 Å². The minimum atomic E-state index is -0.754. The van der Waals surface area contributed by atoms with Crippen molar-refractivity contribution in [1.82, 2.24) is 5.32 Å². The predicted molar refractivity (Wildman–Crippen MR) is 128 cm³/mol. The number of rotatable bonds is 7. The van der Waals surface area contributed by atoms with Crippen molar-refractivity contribution in [3.05, 3.63) is 99.7 Å². The Hall–Kier alpha value is -4.39. The van der Waals surface area contributed by atoms with Crippen LogP contribution in [0.5, 0.6) is 5.75 Å². The largest absolute Gasteiger partial charge is 0.497 e. The van der Waals surface area contributed by atoms with Gasteiger partial charge in [-0.2, -0.15) is 0 Å². The van der Waals surface area contributed by atoms with Crippen molar-refractivity contribution in [3.8, 4) is 17.1 Å². The molecule has 1 N–H and O–H groups in total. The number of ether oxygens (including phenoxy) is 2. The molecular formula is C27H23NO6. The van der Waals surface area contributed by atoms with Gasteiger partial charge in [0.2, 0.25) is 0 Å². The minimum Gasteiger partial charge on any atom is -0.497 e. The molecule has 4 rings (SSSR count). The maximum atomic E-state index is 12.9. The number of carbonyl (C=O) groups is 2. The molecule has 0 aliphatic rings. The van der Waals surface area contributed by atoms with Crippen molar-refractivity contribution in [2.45, 2.75) is 13.5 Å². The molecule has 0 aliphatic carbocycles. The molecule has 7 heteroatoms. The molecule has 0 aliphatic heterocycles. The third-order valence-electron chi connectivity index (χ3n) is 5.38. The Balaban J connectivity index is 1.50. The van der Waals surface area contributed by atoms with E-state index in [4.69, 9.17) is 13.9 Å². The van der Waals surface area contributed by atoms with E-state index in [1.54, 1.807) is 38.3 Å². The molecule has 0 spiro atoms. The van der Waals surface area contributed by atoms with Crippen LogP contribution in [0.1, 0.15) is 21.5 Å². The lowest BCUT2D eigenvalue weighted by molar-refractivity contribution is -0.124. The van der Waals surface area contributed by atoms with Crippen molar-refractivity contribution >= 4 is 22.8 Å². The molecule has 0 saturated heterocycles. The Labute approximate surface area is 195 Å². The van der Waals surface area contributed by atoms with Crippen LogP contribution in [0, 0.1) is 6.92 Å². The van der Waals surface area contributed by atoms with Crippen molar-refractivity contribution in [2.75, 3.05) is 13.7 Å². The van der Waals surface area contributed by atoms with Crippen molar-refractivity contribution in [1.29, 1.82) is 0 Å². The standard InChI is InChI=1S/C27H23NO6/c1-17-24(30)21-9-6-10-22(26(21)34-25(17)19-7-4-3-5-8-19)27(31)33-16-23(29)28-15-18-11-13-20(32-2)14-12-18/h3-14H,15-16H2,1-2H3,(H,28,29). The van der Waals surface area contributed by atoms with Crippen LogP contribution < -0.4 is 15.5 Å². The van der Waals surface area contributed by atoms with Crippen LogP contribution in [0.2, 0.25) is 0 Å². The third-order valence-corrected chi connectivity index (χ3v) is 5.38. The molecule has 0 atom stereocenters. The molecule has 3 aromatic carbocycles. The van der Waals surface area contributed by atoms with Crippen LogP contribution in [0.15, 0.2) is 82.0 Å². The van der Waals surface area contributed by atoms with Crippen LogP contribution in [0.25, 0.3) is 22.3 Å². The number of benzene rings is 3. The summed E-state index contributed by atoms with van der Waals surface area (Å²) in [6.07, 6.45) is 0. The normalized spacial score (nSPS) is 10.6. The zero-order valence-electron chi connectivity index (χ0n) is 18.8. The second kappa shape index (κ2) is 10.0. The smallest absolute Gasteiger partial charge is 0.342 e. The number of amides is 1. The van der Waals surface area contributed by atoms with Gasteiger partial charge in [0.05, 0.1) is 12.5 Å². The molecule has 4 aromatic rings. The van der Waals surface area contributed by atoms with Crippen molar-refractivity contribution in [2.24, 2.45) is 0 Å². The fourth-order valence-electron chi connectivity index (χ4n) is 3.54. The van der Waals surface area contributed by atoms with Gasteiger partial charge in [-0.1, -0.05) is 48.5 Å². The first kappa shape index (κ1) is 22.8. The molecule has 0 bridgehead atoms. The average Bonchev–Trinajstić information content (AvgIpc) is 2.88. The van der Waals surface area contributed by atoms with E-state index < -0.39 is 18.5 Å². The van der Waals surface area contributed by atoms with Crippen LogP contribution in [-0.2, 0) is 16.1 Å². The van der Waals surface area contributed by atoms with E-state index in [9.17, 15) is 14.4 Å². The van der Waals surface area contributed by atoms with Gasteiger partial charge in [0.1, 0.15) is 17.1 Å². The molecule has 1 heterocycles. The van der Waals surface area contributed by atoms with E-state index in [-0.39, 0.29) is 28.5 Å². The summed E-state index contributed by atoms with van der Waals surface area (Å²) in [5, 5.41) is 2.97. The molecular weight excluding hydrogens is 434 g/mol. The fourth-order valence-corrected chi connectivity index (χ4v) is 3.54. The molecule has 1 amide bonds. The van der Waals surface area contributed by atoms with Gasteiger partial charge in [-0.25, -0.2) is 4.79 Å². The van der Waals surface area contributed by atoms with Gasteiger partial charge < -0.3 is 19.2 Å². The molecule has 172 valence electrons. The van der Waals surface area contributed by atoms with Crippen LogP contribution >= 0.6 is 0 Å². The lowest BCUT2D eigenvalue weighted by Crippen LogP contribution is -2.28. The molecule has 0 saturated carbocycles. The third kappa shape index (κ3) is 4.83. The second-order valence-electron chi connectivity index (χ2n) is 7.63. The fraction of sp³-hybridized carbons (Fsp3) is 0.148. The number of hydrogen-bond donors (Lipinski definition) is 1. The Kier molecular flexibility index (Phi) is 6.73. The van der Waals surface area contributed by atoms with Gasteiger partial charge in [-0.3, -0.25) is 9.59 Å². The van der Waals surface area contributed by atoms with Gasteiger partial charge in [0.25, 0.3) is 5.91 Å². The van der Waals surface area contributed by atoms with Gasteiger partial charge in [-0.05, 0) is 36.8 Å². The number of nitrogens with one attached hydrogen (secondary N) is 1. The first-order valence-corrected chi connectivity index (χ1v) is 10.7. The first-order chi connectivity index (χ1) is 16.5. The molecule has 1 aromatic heterocycles. The molecule has 34 heavy (non-hydrogen) atoms. The highest BCUT2D eigenvalue weighted by Crippen LogP contribution is 2.27. The van der Waals surface area contributed by atoms with Gasteiger partial charge in [-0.15, -0.1) is 0 Å². The molecule has 0 unspecified atom stereocenters. The zero-order chi connectivity index (χ0) is 24.1. The summed E-state index contributed by atoms with van der Waals surface area (Å²) in [6.45, 7) is 1.50. The zero-order valence-corrected chi connectivity index (χ0v) is 18.8. The van der Waals surface area contributed by atoms with E-state index in [1.807, 2.05) is 42.5 Å². The van der Waals surface area contributed by atoms with Crippen LogP contribution in [0.3, 0.4) is 0 Å². The Bertz CT molecular complexity index is 1390. The van der Waals surface area contributed by atoms with Crippen LogP contribution in [-0.4, -0.2) is 25.6 Å². The lowest BCUT2D eigenvalue weighted by Gasteiger charge is -2.11. The monoisotopic (exact) mass is 457 g/mol.